The second-order valence-corrected chi connectivity index (χ2v) is 23.7. The van der Waals surface area contributed by atoms with Crippen LogP contribution in [-0.4, -0.2) is 74.3 Å². The van der Waals surface area contributed by atoms with Crippen molar-refractivity contribution in [1.29, 1.82) is 0 Å². The Morgan fingerprint density at radius 3 is 1.27 bits per heavy atom. The van der Waals surface area contributed by atoms with Crippen LogP contribution >= 0.6 is 7.82 Å². The molecule has 0 radical (unpaired) electrons. The fourth-order valence-corrected chi connectivity index (χ4v) is 9.64. The van der Waals surface area contributed by atoms with Crippen LogP contribution in [0.4, 0.5) is 0 Å². The molecule has 0 aliphatic heterocycles. The molecular weight excluding hydrogens is 928 g/mol. The van der Waals surface area contributed by atoms with Crippen LogP contribution in [0.15, 0.2) is 48.6 Å². The second kappa shape index (κ2) is 53.4. The molecule has 0 aliphatic rings. The van der Waals surface area contributed by atoms with E-state index in [4.69, 9.17) is 13.8 Å². The van der Waals surface area contributed by atoms with Gasteiger partial charge in [0.15, 0.2) is 0 Å². The Morgan fingerprint density at radius 1 is 0.479 bits per heavy atom. The maximum Gasteiger partial charge on any atom is 0.472 e. The van der Waals surface area contributed by atoms with Gasteiger partial charge in [0, 0.05) is 12.8 Å². The predicted molar refractivity (Wildman–Crippen MR) is 314 cm³/mol. The number of esters is 1. The molecule has 10 heteroatoms. The lowest BCUT2D eigenvalue weighted by atomic mass is 10.0. The van der Waals surface area contributed by atoms with Gasteiger partial charge in [-0.2, -0.15) is 0 Å². The number of quaternary nitrogens is 1. The first-order chi connectivity index (χ1) is 35.4. The maximum atomic E-state index is 13.5. The normalized spacial score (nSPS) is 14.0. The molecule has 428 valence electrons. The van der Waals surface area contributed by atoms with Crippen LogP contribution < -0.4 is 5.32 Å². The van der Waals surface area contributed by atoms with E-state index in [9.17, 15) is 19.0 Å². The van der Waals surface area contributed by atoms with Crippen LogP contribution in [0.3, 0.4) is 0 Å². The van der Waals surface area contributed by atoms with Gasteiger partial charge in [0.1, 0.15) is 19.3 Å². The molecule has 0 aromatic rings. The number of allylic oxidation sites excluding steroid dienone is 7. The average Bonchev–Trinajstić information content (AvgIpc) is 3.35. The Bertz CT molecular complexity index is 1390. The van der Waals surface area contributed by atoms with E-state index in [2.05, 4.69) is 62.5 Å². The first-order valence-electron chi connectivity index (χ1n) is 31.0. The maximum absolute atomic E-state index is 13.5. The molecule has 1 amide bonds. The summed E-state index contributed by atoms with van der Waals surface area (Å²) in [6.45, 7) is 6.99. The lowest BCUT2D eigenvalue weighted by molar-refractivity contribution is -0.870. The number of phosphoric ester groups is 1. The quantitative estimate of drug-likeness (QED) is 0.0205. The molecule has 3 atom stereocenters. The van der Waals surface area contributed by atoms with Crippen LogP contribution in [0.1, 0.15) is 290 Å². The van der Waals surface area contributed by atoms with Gasteiger partial charge in [-0.05, 0) is 89.5 Å². The van der Waals surface area contributed by atoms with Gasteiger partial charge in [0.25, 0.3) is 0 Å². The number of nitrogens with zero attached hydrogens (tertiary/aromatic N) is 1. The van der Waals surface area contributed by atoms with Crippen molar-refractivity contribution in [3.05, 3.63) is 48.6 Å². The highest BCUT2D eigenvalue weighted by Gasteiger charge is 2.30. The molecule has 0 bridgehead atoms. The Kier molecular flexibility index (Phi) is 51.9. The summed E-state index contributed by atoms with van der Waals surface area (Å²) in [6, 6.07) is -0.852. The number of phosphoric acid groups is 1. The number of hydrogen-bond donors (Lipinski definition) is 2. The van der Waals surface area contributed by atoms with E-state index in [1.54, 1.807) is 0 Å². The van der Waals surface area contributed by atoms with E-state index in [-0.39, 0.29) is 31.5 Å². The third kappa shape index (κ3) is 54.6. The monoisotopic (exact) mass is 1050 g/mol. The number of likely N-dealkylation sites (N-methyl/N-ethyl adjacent to an activating group) is 1. The molecule has 3 unspecified atom stereocenters. The summed E-state index contributed by atoms with van der Waals surface area (Å²) in [5.41, 5.74) is 0. The van der Waals surface area contributed by atoms with Gasteiger partial charge in [0.05, 0.1) is 33.8 Å². The van der Waals surface area contributed by atoms with Crippen LogP contribution in [0.5, 0.6) is 0 Å². The minimum atomic E-state index is -4.45. The van der Waals surface area contributed by atoms with Gasteiger partial charge in [-0.15, -0.1) is 0 Å². The minimum absolute atomic E-state index is 0.0385. The fraction of sp³-hybridized carbons (Fsp3) is 0.841. The standard InChI is InChI=1S/C63H119N2O7P/c1-7-10-13-16-19-22-25-27-29-31-32-34-36-38-41-44-47-50-53-56-63(67)72-61(54-51-48-45-42-39-24-21-18-15-12-9-3)60(59-71-73(68,69)70-58-57-65(4,5)6)64-62(66)55-52-49-46-43-40-37-35-33-30-28-26-23-20-17-14-11-8-2/h20,23,27-30,51,54,60-61H,7-19,21-22,24-26,31-50,52-53,55-59H2,1-6H3,(H-,64,66,68,69)/p+1/b23-20-,29-27+,30-28-,54-51+. The number of amides is 1. The zero-order chi connectivity index (χ0) is 53.6. The molecule has 0 aromatic carbocycles. The average molecular weight is 1050 g/mol. The molecule has 0 rings (SSSR count). The number of unbranched alkanes of at least 4 members (excludes halogenated alkanes) is 34. The molecule has 0 spiro atoms. The van der Waals surface area contributed by atoms with Crippen molar-refractivity contribution in [2.75, 3.05) is 40.9 Å². The van der Waals surface area contributed by atoms with Gasteiger partial charge in [-0.1, -0.05) is 237 Å². The van der Waals surface area contributed by atoms with E-state index < -0.39 is 20.0 Å². The molecular formula is C63H120N2O7P+. The van der Waals surface area contributed by atoms with Gasteiger partial charge >= 0.3 is 13.8 Å². The molecule has 9 nitrogen and oxygen atoms in total. The van der Waals surface area contributed by atoms with Gasteiger partial charge in [0.2, 0.25) is 5.91 Å². The second-order valence-electron chi connectivity index (χ2n) is 22.2. The van der Waals surface area contributed by atoms with Crippen molar-refractivity contribution in [2.24, 2.45) is 0 Å². The smallest absolute Gasteiger partial charge is 0.456 e. The zero-order valence-electron chi connectivity index (χ0n) is 48.9. The molecule has 2 N–H and O–H groups in total. The fourth-order valence-electron chi connectivity index (χ4n) is 8.91. The summed E-state index contributed by atoms with van der Waals surface area (Å²) in [5, 5.41) is 3.05. The third-order valence-corrected chi connectivity index (χ3v) is 14.7. The van der Waals surface area contributed by atoms with Crippen molar-refractivity contribution < 1.29 is 37.3 Å². The summed E-state index contributed by atoms with van der Waals surface area (Å²) < 4.78 is 30.7. The van der Waals surface area contributed by atoms with Crippen LogP contribution in [-0.2, 0) is 27.9 Å². The van der Waals surface area contributed by atoms with Crippen molar-refractivity contribution in [3.8, 4) is 0 Å². The number of hydrogen-bond acceptors (Lipinski definition) is 6. The topological polar surface area (TPSA) is 111 Å². The summed E-state index contributed by atoms with van der Waals surface area (Å²) >= 11 is 0. The molecule has 0 heterocycles. The first kappa shape index (κ1) is 71.0. The van der Waals surface area contributed by atoms with Gasteiger partial charge < -0.3 is 19.4 Å². The number of rotatable bonds is 56. The third-order valence-electron chi connectivity index (χ3n) is 13.7. The van der Waals surface area contributed by atoms with Crippen molar-refractivity contribution in [3.63, 3.8) is 0 Å². The summed E-state index contributed by atoms with van der Waals surface area (Å²) in [7, 11) is 1.49. The molecule has 0 saturated carbocycles. The van der Waals surface area contributed by atoms with Crippen LogP contribution in [0, 0.1) is 0 Å². The van der Waals surface area contributed by atoms with E-state index in [0.717, 1.165) is 77.0 Å². The molecule has 0 saturated heterocycles. The number of ether oxygens (including phenoxy) is 1. The number of nitrogens with one attached hydrogen (secondary N) is 1. The van der Waals surface area contributed by atoms with Crippen molar-refractivity contribution in [1.82, 2.24) is 5.32 Å². The van der Waals surface area contributed by atoms with Gasteiger partial charge in [-0.3, -0.25) is 18.6 Å². The Hall–Kier alpha value is -2.03. The highest BCUT2D eigenvalue weighted by atomic mass is 31.2. The lowest BCUT2D eigenvalue weighted by Gasteiger charge is -2.27. The molecule has 0 aromatic heterocycles. The van der Waals surface area contributed by atoms with E-state index in [1.165, 1.54) is 180 Å². The number of carbonyl (C=O) groups excluding carboxylic acids is 2. The molecule has 73 heavy (non-hydrogen) atoms. The van der Waals surface area contributed by atoms with Crippen LogP contribution in [0.2, 0.25) is 0 Å². The molecule has 0 fully saturated rings. The Balaban J connectivity index is 5.23. The number of carbonyl (C=O) groups is 2. The Morgan fingerprint density at radius 2 is 0.836 bits per heavy atom. The first-order valence-corrected chi connectivity index (χ1v) is 32.5. The van der Waals surface area contributed by atoms with Crippen LogP contribution in [0.25, 0.3) is 0 Å². The van der Waals surface area contributed by atoms with Crippen molar-refractivity contribution in [2.45, 2.75) is 303 Å². The summed E-state index contributed by atoms with van der Waals surface area (Å²) in [5.74, 6) is -0.510. The Labute approximate surface area is 452 Å². The lowest BCUT2D eigenvalue weighted by Crippen LogP contribution is -2.47. The van der Waals surface area contributed by atoms with Gasteiger partial charge in [-0.25, -0.2) is 4.57 Å². The van der Waals surface area contributed by atoms with Crippen molar-refractivity contribution >= 4 is 19.7 Å². The summed E-state index contributed by atoms with van der Waals surface area (Å²) in [4.78, 5) is 37.7. The highest BCUT2D eigenvalue weighted by Crippen LogP contribution is 2.43. The minimum Gasteiger partial charge on any atom is -0.456 e. The summed E-state index contributed by atoms with van der Waals surface area (Å²) in [6.07, 6.45) is 65.3. The molecule has 0 aliphatic carbocycles. The van der Waals surface area contributed by atoms with E-state index in [0.29, 0.717) is 17.4 Å². The van der Waals surface area contributed by atoms with E-state index >= 15 is 0 Å². The van der Waals surface area contributed by atoms with E-state index in [1.807, 2.05) is 33.3 Å². The largest absolute Gasteiger partial charge is 0.472 e. The zero-order valence-corrected chi connectivity index (χ0v) is 49.8. The highest BCUT2D eigenvalue weighted by molar-refractivity contribution is 7.47. The predicted octanol–water partition coefficient (Wildman–Crippen LogP) is 18.9. The SMILES string of the molecule is CCCCC/C=C\C/C=C\CCCCCCCCCC(=O)NC(COP(=O)(O)OCC[N+](C)(C)C)C(/C=C/CCCCCCCCCCC)OC(=O)CCCCCCCCCCC/C=C/CCCCCCCC.